The predicted molar refractivity (Wildman–Crippen MR) is 152 cm³/mol. The van der Waals surface area contributed by atoms with Crippen LogP contribution in [0.3, 0.4) is 0 Å². The summed E-state index contributed by atoms with van der Waals surface area (Å²) < 4.78 is 5.71. The van der Waals surface area contributed by atoms with Crippen LogP contribution in [0.4, 0.5) is 16.2 Å². The van der Waals surface area contributed by atoms with Gasteiger partial charge in [-0.05, 0) is 61.4 Å². The average Bonchev–Trinajstić information content (AvgIpc) is 3.18. The Morgan fingerprint density at radius 2 is 1.49 bits per heavy atom. The number of carbonyl (C=O) groups excluding carboxylic acids is 2. The molecule has 2 aromatic rings. The van der Waals surface area contributed by atoms with Crippen molar-refractivity contribution in [2.45, 2.75) is 90.2 Å². The second-order valence-corrected chi connectivity index (χ2v) is 13.8. The number of thioether (sulfide) groups is 1. The highest BCUT2D eigenvalue weighted by Crippen LogP contribution is 2.44. The number of phenols is 1. The van der Waals surface area contributed by atoms with Gasteiger partial charge in [0.1, 0.15) is 22.8 Å². The summed E-state index contributed by atoms with van der Waals surface area (Å²) in [5, 5.41) is 13.7. The molecular weight excluding hydrogens is 486 g/mol. The van der Waals surface area contributed by atoms with Gasteiger partial charge in [0, 0.05) is 28.3 Å². The summed E-state index contributed by atoms with van der Waals surface area (Å²) in [6, 6.07) is 10.2. The Morgan fingerprint density at radius 1 is 0.973 bits per heavy atom. The van der Waals surface area contributed by atoms with Gasteiger partial charge in [-0.3, -0.25) is 9.69 Å². The first-order chi connectivity index (χ1) is 16.9. The number of ether oxygens (including phenoxy) is 1. The summed E-state index contributed by atoms with van der Waals surface area (Å²) in [4.78, 5) is 28.5. The number of amides is 2. The van der Waals surface area contributed by atoms with E-state index in [-0.39, 0.29) is 27.9 Å². The van der Waals surface area contributed by atoms with Gasteiger partial charge >= 0.3 is 6.09 Å². The Morgan fingerprint density at radius 3 is 1.95 bits per heavy atom. The van der Waals surface area contributed by atoms with Crippen LogP contribution in [0.2, 0.25) is 0 Å². The molecule has 0 saturated carbocycles. The van der Waals surface area contributed by atoms with Crippen molar-refractivity contribution >= 4 is 35.1 Å². The lowest BCUT2D eigenvalue weighted by Gasteiger charge is -2.32. The Hall–Kier alpha value is -2.87. The standard InChI is InChI=1S/C29H41N3O4S/c1-27(2,3)20-14-19(15-21(23(20)33)28(4,5)6)31-24(34)22-16-37-25(17-10-12-18(30)13-11-17)32(22)26(35)36-29(7,8)9/h10-15,22,25,33H,16,30H2,1-9H3,(H,31,34)/t22-,25+/m0/s1. The van der Waals surface area contributed by atoms with Crippen LogP contribution >= 0.6 is 11.8 Å². The minimum absolute atomic E-state index is 0.244. The topological polar surface area (TPSA) is 105 Å². The molecular formula is C29H41N3O4S. The number of nitrogens with two attached hydrogens (primary N) is 1. The van der Waals surface area contributed by atoms with E-state index < -0.39 is 17.7 Å². The number of hydrogen-bond donors (Lipinski definition) is 3. The molecule has 7 nitrogen and oxygen atoms in total. The molecule has 0 aromatic heterocycles. The summed E-state index contributed by atoms with van der Waals surface area (Å²) in [5.74, 6) is 0.353. The second-order valence-electron chi connectivity index (χ2n) is 12.7. The van der Waals surface area contributed by atoms with Crippen molar-refractivity contribution in [1.82, 2.24) is 4.90 Å². The van der Waals surface area contributed by atoms with E-state index in [4.69, 9.17) is 10.5 Å². The lowest BCUT2D eigenvalue weighted by atomic mass is 9.79. The van der Waals surface area contributed by atoms with Crippen molar-refractivity contribution in [1.29, 1.82) is 0 Å². The van der Waals surface area contributed by atoms with E-state index in [0.29, 0.717) is 17.1 Å². The maximum Gasteiger partial charge on any atom is 0.412 e. The number of hydrogen-bond acceptors (Lipinski definition) is 6. The van der Waals surface area contributed by atoms with Crippen LogP contribution in [0.25, 0.3) is 0 Å². The molecule has 3 rings (SSSR count). The van der Waals surface area contributed by atoms with Gasteiger partial charge in [0.2, 0.25) is 5.91 Å². The van der Waals surface area contributed by atoms with Crippen LogP contribution in [-0.2, 0) is 20.4 Å². The molecule has 8 heteroatoms. The quantitative estimate of drug-likeness (QED) is 0.308. The number of aromatic hydroxyl groups is 1. The highest BCUT2D eigenvalue weighted by molar-refractivity contribution is 7.99. The van der Waals surface area contributed by atoms with Gasteiger partial charge in [-0.25, -0.2) is 4.79 Å². The van der Waals surface area contributed by atoms with Gasteiger partial charge in [-0.2, -0.15) is 0 Å². The number of nitrogen functional groups attached to an aromatic ring is 1. The van der Waals surface area contributed by atoms with Crippen molar-refractivity contribution in [2.24, 2.45) is 0 Å². The molecule has 0 bridgehead atoms. The molecule has 37 heavy (non-hydrogen) atoms. The van der Waals surface area contributed by atoms with Crippen molar-refractivity contribution in [2.75, 3.05) is 16.8 Å². The van der Waals surface area contributed by atoms with Crippen molar-refractivity contribution in [3.05, 3.63) is 53.1 Å². The highest BCUT2D eigenvalue weighted by atomic mass is 32.2. The van der Waals surface area contributed by atoms with E-state index in [1.807, 2.05) is 65.8 Å². The van der Waals surface area contributed by atoms with Gasteiger partial charge < -0.3 is 20.9 Å². The first kappa shape index (κ1) is 28.7. The maximum absolute atomic E-state index is 13.7. The molecule has 1 fully saturated rings. The molecule has 1 saturated heterocycles. The van der Waals surface area contributed by atoms with Crippen molar-refractivity contribution in [3.8, 4) is 5.75 Å². The summed E-state index contributed by atoms with van der Waals surface area (Å²) in [6.07, 6.45) is -0.545. The Balaban J connectivity index is 1.98. The van der Waals surface area contributed by atoms with Gasteiger partial charge in [-0.1, -0.05) is 53.7 Å². The van der Waals surface area contributed by atoms with Crippen molar-refractivity contribution in [3.63, 3.8) is 0 Å². The van der Waals surface area contributed by atoms with Gasteiger partial charge in [-0.15, -0.1) is 11.8 Å². The van der Waals surface area contributed by atoms with E-state index in [1.165, 1.54) is 16.7 Å². The van der Waals surface area contributed by atoms with Crippen LogP contribution < -0.4 is 11.1 Å². The molecule has 0 aliphatic carbocycles. The minimum Gasteiger partial charge on any atom is -0.507 e. The third kappa shape index (κ3) is 6.72. The number of anilines is 2. The molecule has 0 spiro atoms. The zero-order valence-electron chi connectivity index (χ0n) is 23.4. The molecule has 1 aliphatic rings. The average molecular weight is 528 g/mol. The van der Waals surface area contributed by atoms with Crippen LogP contribution in [0.1, 0.15) is 84.4 Å². The van der Waals surface area contributed by atoms with Gasteiger partial charge in [0.25, 0.3) is 0 Å². The van der Waals surface area contributed by atoms with Crippen LogP contribution in [0.15, 0.2) is 36.4 Å². The number of rotatable bonds is 3. The Labute approximate surface area is 225 Å². The Kier molecular flexibility index (Phi) is 7.85. The summed E-state index contributed by atoms with van der Waals surface area (Å²) in [6.45, 7) is 17.6. The van der Waals surface area contributed by atoms with E-state index in [2.05, 4.69) is 5.32 Å². The number of benzene rings is 2. The SMILES string of the molecule is CC(C)(C)OC(=O)N1[C@@H](c2ccc(N)cc2)SC[C@H]1C(=O)Nc1cc(C(C)(C)C)c(O)c(C(C)(C)C)c1. The molecule has 2 atom stereocenters. The lowest BCUT2D eigenvalue weighted by Crippen LogP contribution is -2.47. The van der Waals surface area contributed by atoms with E-state index in [0.717, 1.165) is 16.7 Å². The van der Waals surface area contributed by atoms with Crippen LogP contribution in [-0.4, -0.2) is 39.4 Å². The van der Waals surface area contributed by atoms with E-state index in [1.54, 1.807) is 32.9 Å². The molecule has 4 N–H and O–H groups in total. The summed E-state index contributed by atoms with van der Waals surface area (Å²) in [7, 11) is 0. The first-order valence-corrected chi connectivity index (χ1v) is 13.6. The van der Waals surface area contributed by atoms with E-state index in [9.17, 15) is 14.7 Å². The molecule has 2 amide bonds. The summed E-state index contributed by atoms with van der Waals surface area (Å²) in [5.41, 5.74) is 8.06. The third-order valence-corrected chi connectivity index (χ3v) is 7.45. The predicted octanol–water partition coefficient (Wildman–Crippen LogP) is 6.56. The normalized spacial score (nSPS) is 18.6. The smallest absolute Gasteiger partial charge is 0.412 e. The first-order valence-electron chi connectivity index (χ1n) is 12.6. The van der Waals surface area contributed by atoms with Crippen molar-refractivity contribution < 1.29 is 19.4 Å². The molecule has 0 unspecified atom stereocenters. The number of nitrogens with zero attached hydrogens (tertiary/aromatic N) is 1. The third-order valence-electron chi connectivity index (χ3n) is 6.12. The summed E-state index contributed by atoms with van der Waals surface area (Å²) >= 11 is 1.51. The monoisotopic (exact) mass is 527 g/mol. The number of nitrogens with one attached hydrogen (secondary N) is 1. The number of carbonyl (C=O) groups is 2. The maximum atomic E-state index is 13.7. The van der Waals surface area contributed by atoms with Gasteiger partial charge in [0.05, 0.1) is 0 Å². The van der Waals surface area contributed by atoms with E-state index >= 15 is 0 Å². The fraction of sp³-hybridized carbons (Fsp3) is 0.517. The second kappa shape index (κ2) is 10.1. The zero-order chi connectivity index (χ0) is 27.9. The Bertz CT molecular complexity index is 1120. The van der Waals surface area contributed by atoms with Gasteiger partial charge in [0.15, 0.2) is 0 Å². The minimum atomic E-state index is -0.743. The van der Waals surface area contributed by atoms with Crippen LogP contribution in [0.5, 0.6) is 5.75 Å². The molecule has 2 aromatic carbocycles. The zero-order valence-corrected chi connectivity index (χ0v) is 24.2. The molecule has 1 aliphatic heterocycles. The largest absolute Gasteiger partial charge is 0.507 e. The fourth-order valence-corrected chi connectivity index (χ4v) is 5.66. The highest BCUT2D eigenvalue weighted by Gasteiger charge is 2.44. The molecule has 202 valence electrons. The molecule has 1 heterocycles. The molecule has 0 radical (unpaired) electrons. The fourth-order valence-electron chi connectivity index (χ4n) is 4.24. The lowest BCUT2D eigenvalue weighted by molar-refractivity contribution is -0.120. The number of phenolic OH excluding ortho intramolecular Hbond substituents is 1. The van der Waals surface area contributed by atoms with Crippen LogP contribution in [0, 0.1) is 0 Å².